The molecule has 0 saturated heterocycles. The van der Waals surface area contributed by atoms with E-state index in [0.717, 1.165) is 10.0 Å². The third kappa shape index (κ3) is 8.73. The van der Waals surface area contributed by atoms with Gasteiger partial charge >= 0.3 is 5.97 Å². The van der Waals surface area contributed by atoms with Crippen molar-refractivity contribution in [1.29, 1.82) is 0 Å². The van der Waals surface area contributed by atoms with E-state index in [-0.39, 0.29) is 11.8 Å². The molecule has 0 aliphatic rings. The molecule has 9 heteroatoms. The Labute approximate surface area is 216 Å². The van der Waals surface area contributed by atoms with Crippen molar-refractivity contribution in [2.24, 2.45) is 0 Å². The van der Waals surface area contributed by atoms with E-state index in [4.69, 9.17) is 21.1 Å². The molecule has 3 aromatic rings. The van der Waals surface area contributed by atoms with Gasteiger partial charge in [0.1, 0.15) is 11.5 Å². The van der Waals surface area contributed by atoms with E-state index in [1.54, 1.807) is 48.5 Å². The first-order chi connectivity index (χ1) is 16.8. The van der Waals surface area contributed by atoms with Crippen molar-refractivity contribution in [1.82, 2.24) is 5.32 Å². The van der Waals surface area contributed by atoms with Crippen molar-refractivity contribution in [2.45, 2.75) is 26.3 Å². The molecule has 0 heterocycles. The zero-order chi connectivity index (χ0) is 25.2. The fraction of sp³-hybridized carbons (Fsp3) is 0.192. The summed E-state index contributed by atoms with van der Waals surface area (Å²) in [6, 6.07) is 18.9. The second kappa shape index (κ2) is 12.9. The van der Waals surface area contributed by atoms with Crippen LogP contribution in [-0.2, 0) is 16.1 Å². The molecule has 3 rings (SSSR count). The highest BCUT2D eigenvalue weighted by Gasteiger charge is 2.09. The van der Waals surface area contributed by atoms with E-state index in [1.807, 2.05) is 12.1 Å². The Morgan fingerprint density at radius 2 is 1.80 bits per heavy atom. The average molecular weight is 560 g/mol. The summed E-state index contributed by atoms with van der Waals surface area (Å²) in [5, 5.41) is 6.18. The number of nitrogens with one attached hydrogen (secondary N) is 2. The maximum Gasteiger partial charge on any atom is 0.308 e. The minimum Gasteiger partial charge on any atom is -0.492 e. The van der Waals surface area contributed by atoms with E-state index in [0.29, 0.717) is 53.8 Å². The van der Waals surface area contributed by atoms with Gasteiger partial charge in [-0.1, -0.05) is 45.7 Å². The molecule has 0 aliphatic heterocycles. The Balaban J connectivity index is 1.44. The van der Waals surface area contributed by atoms with Crippen molar-refractivity contribution in [3.05, 3.63) is 87.4 Å². The fourth-order valence-electron chi connectivity index (χ4n) is 3.13. The second-order valence-electron chi connectivity index (χ2n) is 7.58. The molecule has 0 spiro atoms. The minimum absolute atomic E-state index is 0.104. The molecule has 0 radical (unpaired) electrons. The number of anilines is 1. The quantitative estimate of drug-likeness (QED) is 0.187. The molecule has 0 atom stereocenters. The van der Waals surface area contributed by atoms with Crippen molar-refractivity contribution in [2.75, 3.05) is 11.9 Å². The summed E-state index contributed by atoms with van der Waals surface area (Å²) in [6.07, 6.45) is 0.851. The van der Waals surface area contributed by atoms with Gasteiger partial charge in [0.05, 0.1) is 11.6 Å². The SMILES string of the molecule is CC(=O)Oc1cccc(C(=O)Nc2cccc(CNC(=O)CCCOc3ccc(Br)cc3Cl)c2)c1. The van der Waals surface area contributed by atoms with Gasteiger partial charge < -0.3 is 20.1 Å². The van der Waals surface area contributed by atoms with Gasteiger partial charge in [-0.05, 0) is 60.5 Å². The predicted molar refractivity (Wildman–Crippen MR) is 138 cm³/mol. The van der Waals surface area contributed by atoms with Gasteiger partial charge in [0.15, 0.2) is 0 Å². The number of benzene rings is 3. The van der Waals surface area contributed by atoms with Crippen LogP contribution in [0.15, 0.2) is 71.2 Å². The molecule has 0 fully saturated rings. The van der Waals surface area contributed by atoms with Gasteiger partial charge in [0.25, 0.3) is 5.91 Å². The van der Waals surface area contributed by atoms with Gasteiger partial charge in [-0.3, -0.25) is 14.4 Å². The number of amides is 2. The normalized spacial score (nSPS) is 10.4. The average Bonchev–Trinajstić information content (AvgIpc) is 2.81. The predicted octanol–water partition coefficient (Wildman–Crippen LogP) is 5.76. The highest BCUT2D eigenvalue weighted by molar-refractivity contribution is 9.10. The van der Waals surface area contributed by atoms with Crippen LogP contribution in [0.5, 0.6) is 11.5 Å². The Kier molecular flexibility index (Phi) is 9.69. The third-order valence-corrected chi connectivity index (χ3v) is 5.52. The summed E-state index contributed by atoms with van der Waals surface area (Å²) in [6.45, 7) is 1.99. The first-order valence-corrected chi connectivity index (χ1v) is 12.0. The number of esters is 1. The van der Waals surface area contributed by atoms with Crippen molar-refractivity contribution in [3.63, 3.8) is 0 Å². The zero-order valence-electron chi connectivity index (χ0n) is 19.0. The summed E-state index contributed by atoms with van der Waals surface area (Å²) < 4.78 is 11.5. The standard InChI is InChI=1S/C26H24BrClN2O5/c1-17(31)35-22-8-3-6-19(14-22)26(33)30-21-7-2-5-18(13-21)16-29-25(32)9-4-12-34-24-11-10-20(27)15-23(24)28/h2-3,5-8,10-11,13-15H,4,9,12,16H2,1H3,(H,29,32)(H,30,33). The van der Waals surface area contributed by atoms with Gasteiger partial charge in [0.2, 0.25) is 5.91 Å². The Morgan fingerprint density at radius 3 is 2.57 bits per heavy atom. The van der Waals surface area contributed by atoms with E-state index in [1.165, 1.54) is 13.0 Å². The highest BCUT2D eigenvalue weighted by Crippen LogP contribution is 2.27. The number of hydrogen-bond donors (Lipinski definition) is 2. The first kappa shape index (κ1) is 26.2. The molecule has 0 saturated carbocycles. The summed E-state index contributed by atoms with van der Waals surface area (Å²) in [5.41, 5.74) is 1.77. The highest BCUT2D eigenvalue weighted by atomic mass is 79.9. The van der Waals surface area contributed by atoms with E-state index >= 15 is 0 Å². The van der Waals surface area contributed by atoms with Crippen LogP contribution in [0.25, 0.3) is 0 Å². The van der Waals surface area contributed by atoms with E-state index in [2.05, 4.69) is 26.6 Å². The van der Waals surface area contributed by atoms with Crippen LogP contribution in [0.1, 0.15) is 35.7 Å². The van der Waals surface area contributed by atoms with Crippen LogP contribution >= 0.6 is 27.5 Å². The van der Waals surface area contributed by atoms with Crippen LogP contribution in [0.3, 0.4) is 0 Å². The van der Waals surface area contributed by atoms with Crippen molar-refractivity contribution < 1.29 is 23.9 Å². The monoisotopic (exact) mass is 558 g/mol. The number of carbonyl (C=O) groups excluding carboxylic acids is 3. The maximum atomic E-state index is 12.6. The van der Waals surface area contributed by atoms with Crippen LogP contribution in [0, 0.1) is 0 Å². The Hall–Kier alpha value is -3.36. The summed E-state index contributed by atoms with van der Waals surface area (Å²) in [4.78, 5) is 35.9. The van der Waals surface area contributed by atoms with Crippen LogP contribution < -0.4 is 20.1 Å². The lowest BCUT2D eigenvalue weighted by molar-refractivity contribution is -0.131. The summed E-state index contributed by atoms with van der Waals surface area (Å²) in [5.74, 6) is -0.0312. The lowest BCUT2D eigenvalue weighted by Crippen LogP contribution is -2.23. The Bertz CT molecular complexity index is 1220. The Morgan fingerprint density at radius 1 is 1.00 bits per heavy atom. The van der Waals surface area contributed by atoms with Crippen molar-refractivity contribution >= 4 is 51.0 Å². The number of carbonyl (C=O) groups is 3. The smallest absolute Gasteiger partial charge is 0.308 e. The van der Waals surface area contributed by atoms with Gasteiger partial charge in [-0.2, -0.15) is 0 Å². The van der Waals surface area contributed by atoms with Gasteiger partial charge in [0, 0.05) is 35.6 Å². The zero-order valence-corrected chi connectivity index (χ0v) is 21.3. The summed E-state index contributed by atoms with van der Waals surface area (Å²) >= 11 is 9.46. The van der Waals surface area contributed by atoms with Gasteiger partial charge in [-0.25, -0.2) is 0 Å². The first-order valence-electron chi connectivity index (χ1n) is 10.8. The van der Waals surface area contributed by atoms with E-state index in [9.17, 15) is 14.4 Å². The molecular formula is C26H24BrClN2O5. The lowest BCUT2D eigenvalue weighted by Gasteiger charge is -2.10. The van der Waals surface area contributed by atoms with Crippen LogP contribution in [0.4, 0.5) is 5.69 Å². The molecule has 3 aromatic carbocycles. The third-order valence-electron chi connectivity index (χ3n) is 4.73. The number of rotatable bonds is 10. The molecule has 35 heavy (non-hydrogen) atoms. The molecule has 0 unspecified atom stereocenters. The van der Waals surface area contributed by atoms with Gasteiger partial charge in [-0.15, -0.1) is 0 Å². The molecule has 0 bridgehead atoms. The second-order valence-corrected chi connectivity index (χ2v) is 8.90. The lowest BCUT2D eigenvalue weighted by atomic mass is 10.1. The van der Waals surface area contributed by atoms with Crippen LogP contribution in [0.2, 0.25) is 5.02 Å². The molecule has 0 aliphatic carbocycles. The number of halogens is 2. The molecule has 2 amide bonds. The minimum atomic E-state index is -0.459. The molecule has 0 aromatic heterocycles. The molecular weight excluding hydrogens is 536 g/mol. The van der Waals surface area contributed by atoms with E-state index < -0.39 is 5.97 Å². The number of ether oxygens (including phenoxy) is 2. The fourth-order valence-corrected chi connectivity index (χ4v) is 3.85. The van der Waals surface area contributed by atoms with Crippen molar-refractivity contribution in [3.8, 4) is 11.5 Å². The number of hydrogen-bond acceptors (Lipinski definition) is 5. The molecule has 7 nitrogen and oxygen atoms in total. The molecule has 2 N–H and O–H groups in total. The maximum absolute atomic E-state index is 12.6. The summed E-state index contributed by atoms with van der Waals surface area (Å²) in [7, 11) is 0. The molecule has 182 valence electrons. The topological polar surface area (TPSA) is 93.7 Å². The largest absolute Gasteiger partial charge is 0.492 e. The van der Waals surface area contributed by atoms with Crippen LogP contribution in [-0.4, -0.2) is 24.4 Å².